The average Bonchev–Trinajstić information content (AvgIpc) is 2.98. The van der Waals surface area contributed by atoms with Crippen LogP contribution in [0.5, 0.6) is 0 Å². The zero-order valence-electron chi connectivity index (χ0n) is 15.3. The summed E-state index contributed by atoms with van der Waals surface area (Å²) in [6.07, 6.45) is 0. The standard InChI is InChI=1S/C18H26N4O2/c1-12-7-9-14(10-8-12)19-15(23)11-22(6)13(2)16-20-17(21-24-16)18(3,4)5/h7-10,13H,11H2,1-6H3,(H,19,23)/t13-/m1/s1. The van der Waals surface area contributed by atoms with Gasteiger partial charge in [0, 0.05) is 11.1 Å². The molecule has 0 saturated carbocycles. The smallest absolute Gasteiger partial charge is 0.243 e. The summed E-state index contributed by atoms with van der Waals surface area (Å²) < 4.78 is 5.35. The number of nitrogens with zero attached hydrogens (tertiary/aromatic N) is 3. The number of benzene rings is 1. The second-order valence-corrected chi connectivity index (χ2v) is 7.21. The van der Waals surface area contributed by atoms with Gasteiger partial charge in [0.25, 0.3) is 0 Å². The maximum absolute atomic E-state index is 12.2. The minimum atomic E-state index is -0.164. The molecule has 2 aromatic rings. The number of aromatic nitrogens is 2. The number of rotatable bonds is 5. The van der Waals surface area contributed by atoms with Gasteiger partial charge in [-0.05, 0) is 33.0 Å². The van der Waals surface area contributed by atoms with Crippen molar-refractivity contribution >= 4 is 11.6 Å². The van der Waals surface area contributed by atoms with Crippen LogP contribution in [0.25, 0.3) is 0 Å². The van der Waals surface area contributed by atoms with Crippen LogP contribution in [0.4, 0.5) is 5.69 Å². The van der Waals surface area contributed by atoms with E-state index in [0.717, 1.165) is 11.3 Å². The molecule has 0 aliphatic rings. The van der Waals surface area contributed by atoms with Crippen molar-refractivity contribution in [3.63, 3.8) is 0 Å². The van der Waals surface area contributed by atoms with Crippen LogP contribution in [0, 0.1) is 6.92 Å². The van der Waals surface area contributed by atoms with Crippen LogP contribution in [0.1, 0.15) is 51.0 Å². The molecule has 0 bridgehead atoms. The minimum Gasteiger partial charge on any atom is -0.338 e. The molecule has 0 radical (unpaired) electrons. The molecule has 0 aliphatic heterocycles. The summed E-state index contributed by atoms with van der Waals surface area (Å²) in [6.45, 7) is 10.3. The van der Waals surface area contributed by atoms with Crippen molar-refractivity contribution < 1.29 is 9.32 Å². The fraction of sp³-hybridized carbons (Fsp3) is 0.500. The third kappa shape index (κ3) is 4.64. The summed E-state index contributed by atoms with van der Waals surface area (Å²) >= 11 is 0. The van der Waals surface area contributed by atoms with E-state index in [2.05, 4.69) is 15.5 Å². The molecule has 1 atom stereocenters. The van der Waals surface area contributed by atoms with Crippen LogP contribution >= 0.6 is 0 Å². The summed E-state index contributed by atoms with van der Waals surface area (Å²) in [4.78, 5) is 18.5. The third-order valence-electron chi connectivity index (χ3n) is 3.86. The summed E-state index contributed by atoms with van der Waals surface area (Å²) in [6, 6.07) is 7.58. The average molecular weight is 330 g/mol. The first-order valence-electron chi connectivity index (χ1n) is 8.07. The fourth-order valence-electron chi connectivity index (χ4n) is 2.10. The van der Waals surface area contributed by atoms with Crippen LogP contribution < -0.4 is 5.32 Å². The normalized spacial score (nSPS) is 13.1. The van der Waals surface area contributed by atoms with E-state index in [1.54, 1.807) is 0 Å². The lowest BCUT2D eigenvalue weighted by Crippen LogP contribution is -2.32. The van der Waals surface area contributed by atoms with Gasteiger partial charge in [0.2, 0.25) is 11.8 Å². The van der Waals surface area contributed by atoms with E-state index in [0.29, 0.717) is 11.7 Å². The molecule has 1 aromatic carbocycles. The van der Waals surface area contributed by atoms with E-state index in [9.17, 15) is 4.79 Å². The van der Waals surface area contributed by atoms with Gasteiger partial charge >= 0.3 is 0 Å². The van der Waals surface area contributed by atoms with E-state index in [1.165, 1.54) is 0 Å². The topological polar surface area (TPSA) is 71.3 Å². The molecule has 1 amide bonds. The van der Waals surface area contributed by atoms with Gasteiger partial charge < -0.3 is 9.84 Å². The number of carbonyl (C=O) groups is 1. The van der Waals surface area contributed by atoms with Gasteiger partial charge in [-0.3, -0.25) is 9.69 Å². The lowest BCUT2D eigenvalue weighted by atomic mass is 9.96. The molecule has 24 heavy (non-hydrogen) atoms. The van der Waals surface area contributed by atoms with E-state index in [1.807, 2.05) is 70.8 Å². The van der Waals surface area contributed by atoms with E-state index in [-0.39, 0.29) is 23.9 Å². The predicted octanol–water partition coefficient (Wildman–Crippen LogP) is 3.31. The second kappa shape index (κ2) is 7.13. The summed E-state index contributed by atoms with van der Waals surface area (Å²) in [5.74, 6) is 1.11. The van der Waals surface area contributed by atoms with Gasteiger partial charge in [-0.25, -0.2) is 0 Å². The number of nitrogens with one attached hydrogen (secondary N) is 1. The van der Waals surface area contributed by atoms with Crippen LogP contribution in [0.15, 0.2) is 28.8 Å². The predicted molar refractivity (Wildman–Crippen MR) is 93.9 cm³/mol. The monoisotopic (exact) mass is 330 g/mol. The van der Waals surface area contributed by atoms with Crippen molar-refractivity contribution in [3.8, 4) is 0 Å². The van der Waals surface area contributed by atoms with Crippen molar-refractivity contribution in [2.45, 2.75) is 46.1 Å². The molecule has 1 heterocycles. The van der Waals surface area contributed by atoms with Crippen molar-refractivity contribution in [3.05, 3.63) is 41.5 Å². The molecule has 6 heteroatoms. The highest BCUT2D eigenvalue weighted by atomic mass is 16.5. The molecule has 1 aromatic heterocycles. The lowest BCUT2D eigenvalue weighted by Gasteiger charge is -2.21. The SMILES string of the molecule is Cc1ccc(NC(=O)CN(C)[C@H](C)c2nc(C(C)(C)C)no2)cc1. The number of carbonyl (C=O) groups excluding carboxylic acids is 1. The molecule has 130 valence electrons. The fourth-order valence-corrected chi connectivity index (χ4v) is 2.10. The van der Waals surface area contributed by atoms with Crippen molar-refractivity contribution in [2.75, 3.05) is 18.9 Å². The highest BCUT2D eigenvalue weighted by Crippen LogP contribution is 2.23. The van der Waals surface area contributed by atoms with E-state index < -0.39 is 0 Å². The molecule has 0 saturated heterocycles. The number of anilines is 1. The van der Waals surface area contributed by atoms with Gasteiger partial charge in [-0.1, -0.05) is 43.6 Å². The number of hydrogen-bond donors (Lipinski definition) is 1. The van der Waals surface area contributed by atoms with Gasteiger partial charge in [0.1, 0.15) is 0 Å². The first kappa shape index (κ1) is 18.1. The number of likely N-dealkylation sites (N-methyl/N-ethyl adjacent to an activating group) is 1. The van der Waals surface area contributed by atoms with Crippen LogP contribution in [-0.2, 0) is 10.2 Å². The molecule has 0 spiro atoms. The molecule has 0 fully saturated rings. The van der Waals surface area contributed by atoms with E-state index >= 15 is 0 Å². The summed E-state index contributed by atoms with van der Waals surface area (Å²) in [5, 5.41) is 6.92. The molecular formula is C18H26N4O2. The first-order chi connectivity index (χ1) is 11.2. The Morgan fingerprint density at radius 1 is 1.29 bits per heavy atom. The molecule has 2 rings (SSSR count). The first-order valence-corrected chi connectivity index (χ1v) is 8.07. The summed E-state index contributed by atoms with van der Waals surface area (Å²) in [5.41, 5.74) is 1.78. The number of aryl methyl sites for hydroxylation is 1. The van der Waals surface area contributed by atoms with Crippen LogP contribution in [-0.4, -0.2) is 34.5 Å². The minimum absolute atomic E-state index is 0.0798. The lowest BCUT2D eigenvalue weighted by molar-refractivity contribution is -0.117. The zero-order valence-corrected chi connectivity index (χ0v) is 15.3. The molecule has 6 nitrogen and oxygen atoms in total. The molecular weight excluding hydrogens is 304 g/mol. The number of hydrogen-bond acceptors (Lipinski definition) is 5. The van der Waals surface area contributed by atoms with Crippen molar-refractivity contribution in [1.29, 1.82) is 0 Å². The molecule has 0 aliphatic carbocycles. The third-order valence-corrected chi connectivity index (χ3v) is 3.86. The largest absolute Gasteiger partial charge is 0.338 e. The molecule has 1 N–H and O–H groups in total. The Hall–Kier alpha value is -2.21. The van der Waals surface area contributed by atoms with Crippen LogP contribution in [0.3, 0.4) is 0 Å². The van der Waals surface area contributed by atoms with Crippen molar-refractivity contribution in [1.82, 2.24) is 15.0 Å². The highest BCUT2D eigenvalue weighted by molar-refractivity contribution is 5.92. The van der Waals surface area contributed by atoms with E-state index in [4.69, 9.17) is 4.52 Å². The summed E-state index contributed by atoms with van der Waals surface area (Å²) in [7, 11) is 1.86. The van der Waals surface area contributed by atoms with Gasteiger partial charge in [-0.2, -0.15) is 4.98 Å². The van der Waals surface area contributed by atoms with Gasteiger partial charge in [-0.15, -0.1) is 0 Å². The maximum Gasteiger partial charge on any atom is 0.243 e. The number of amides is 1. The Kier molecular flexibility index (Phi) is 5.39. The Bertz CT molecular complexity index is 686. The Morgan fingerprint density at radius 2 is 1.92 bits per heavy atom. The van der Waals surface area contributed by atoms with Gasteiger partial charge in [0.05, 0.1) is 12.6 Å². The van der Waals surface area contributed by atoms with Crippen molar-refractivity contribution in [2.24, 2.45) is 0 Å². The quantitative estimate of drug-likeness (QED) is 0.910. The zero-order chi connectivity index (χ0) is 17.9. The second-order valence-electron chi connectivity index (χ2n) is 7.21. The molecule has 0 unspecified atom stereocenters. The Labute approximate surface area is 143 Å². The Balaban J connectivity index is 1.95. The maximum atomic E-state index is 12.2. The Morgan fingerprint density at radius 3 is 2.46 bits per heavy atom. The van der Waals surface area contributed by atoms with Gasteiger partial charge in [0.15, 0.2) is 5.82 Å². The van der Waals surface area contributed by atoms with Crippen LogP contribution in [0.2, 0.25) is 0 Å². The highest BCUT2D eigenvalue weighted by Gasteiger charge is 2.25.